The Morgan fingerprint density at radius 2 is 1.22 bits per heavy atom. The molecule has 0 aromatic heterocycles. The molecular weight excluding hydrogens is 450 g/mol. The predicted octanol–water partition coefficient (Wildman–Crippen LogP) is 6.92. The molecule has 0 aliphatic rings. The molecule has 3 atom stereocenters. The summed E-state index contributed by atoms with van der Waals surface area (Å²) < 4.78 is 0. The maximum absolute atomic E-state index is 12.2. The molecule has 3 unspecified atom stereocenters. The monoisotopic (exact) mass is 507 g/mol. The van der Waals surface area contributed by atoms with Gasteiger partial charge in [0.15, 0.2) is 0 Å². The molecule has 0 saturated heterocycles. The van der Waals surface area contributed by atoms with E-state index in [1.165, 1.54) is 57.8 Å². The summed E-state index contributed by atoms with van der Waals surface area (Å²) in [5.41, 5.74) is 0. The van der Waals surface area contributed by atoms with Gasteiger partial charge >= 0.3 is 0 Å². The van der Waals surface area contributed by atoms with Crippen LogP contribution in [0, 0.1) is 0 Å². The standard InChI is InChI=1S/C31H57NO4/c1-3-5-7-9-11-13-14-15-16-17-19-21-23-25-30(35)29(27-33)32-31(36)26-28(34)24-22-20-18-12-10-8-6-4-2/h10,12,16-17,23,25,28-30,33-35H,3-9,11,13-15,18-22,24,26-27H2,1-2H3,(H,32,36)/b12-10-,17-16+,25-23+. The van der Waals surface area contributed by atoms with Gasteiger partial charge in [0.05, 0.1) is 31.3 Å². The van der Waals surface area contributed by atoms with Gasteiger partial charge in [0.2, 0.25) is 5.91 Å². The van der Waals surface area contributed by atoms with Crippen LogP contribution >= 0.6 is 0 Å². The summed E-state index contributed by atoms with van der Waals surface area (Å²) in [5.74, 6) is -0.346. The van der Waals surface area contributed by atoms with Gasteiger partial charge in [0, 0.05) is 0 Å². The Balaban J connectivity index is 3.93. The molecule has 210 valence electrons. The first-order valence-corrected chi connectivity index (χ1v) is 14.8. The SMILES string of the molecule is CCCC/C=C\CCCCC(O)CC(=O)NC(CO)C(O)/C=C/CC/C=C/CCCCCCCCC. The lowest BCUT2D eigenvalue weighted by Gasteiger charge is -2.20. The van der Waals surface area contributed by atoms with Gasteiger partial charge in [-0.3, -0.25) is 4.79 Å². The van der Waals surface area contributed by atoms with Gasteiger partial charge in [-0.15, -0.1) is 0 Å². The van der Waals surface area contributed by atoms with Gasteiger partial charge < -0.3 is 20.6 Å². The van der Waals surface area contributed by atoms with E-state index in [1.54, 1.807) is 6.08 Å². The lowest BCUT2D eigenvalue weighted by molar-refractivity contribution is -0.124. The van der Waals surface area contributed by atoms with E-state index < -0.39 is 18.2 Å². The first-order valence-electron chi connectivity index (χ1n) is 14.8. The Morgan fingerprint density at radius 3 is 1.86 bits per heavy atom. The third-order valence-electron chi connectivity index (χ3n) is 6.40. The van der Waals surface area contributed by atoms with Crippen molar-refractivity contribution >= 4 is 5.91 Å². The van der Waals surface area contributed by atoms with E-state index >= 15 is 0 Å². The largest absolute Gasteiger partial charge is 0.394 e. The number of aliphatic hydroxyl groups is 3. The maximum atomic E-state index is 12.2. The fraction of sp³-hybridized carbons (Fsp3) is 0.774. The molecule has 0 spiro atoms. The summed E-state index contributed by atoms with van der Waals surface area (Å²) in [6, 6.07) is -0.762. The summed E-state index contributed by atoms with van der Waals surface area (Å²) in [7, 11) is 0. The molecule has 0 radical (unpaired) electrons. The van der Waals surface area contributed by atoms with Crippen molar-refractivity contribution in [1.82, 2.24) is 5.32 Å². The highest BCUT2D eigenvalue weighted by Gasteiger charge is 2.19. The quantitative estimate of drug-likeness (QED) is 0.0798. The van der Waals surface area contributed by atoms with Gasteiger partial charge in [-0.05, 0) is 51.4 Å². The molecule has 0 rings (SSSR count). The topological polar surface area (TPSA) is 89.8 Å². The minimum absolute atomic E-state index is 0.0111. The second-order valence-electron chi connectivity index (χ2n) is 9.99. The fourth-order valence-corrected chi connectivity index (χ4v) is 4.04. The molecule has 5 nitrogen and oxygen atoms in total. The summed E-state index contributed by atoms with van der Waals surface area (Å²) in [6.07, 6.45) is 29.8. The molecule has 4 N–H and O–H groups in total. The molecule has 0 aliphatic heterocycles. The fourth-order valence-electron chi connectivity index (χ4n) is 4.04. The van der Waals surface area contributed by atoms with Crippen molar-refractivity contribution in [2.45, 2.75) is 148 Å². The molecule has 0 saturated carbocycles. The van der Waals surface area contributed by atoms with E-state index in [1.807, 2.05) is 6.08 Å². The molecule has 1 amide bonds. The van der Waals surface area contributed by atoms with Crippen LogP contribution in [-0.2, 0) is 4.79 Å². The van der Waals surface area contributed by atoms with Crippen LogP contribution in [0.5, 0.6) is 0 Å². The van der Waals surface area contributed by atoms with Gasteiger partial charge in [-0.25, -0.2) is 0 Å². The Hall–Kier alpha value is -1.43. The second kappa shape index (κ2) is 26.6. The van der Waals surface area contributed by atoms with Crippen molar-refractivity contribution in [1.29, 1.82) is 0 Å². The van der Waals surface area contributed by atoms with E-state index in [0.717, 1.165) is 44.9 Å². The molecule has 36 heavy (non-hydrogen) atoms. The minimum atomic E-state index is -0.952. The summed E-state index contributed by atoms with van der Waals surface area (Å²) in [6.45, 7) is 4.08. The Morgan fingerprint density at radius 1 is 0.694 bits per heavy atom. The minimum Gasteiger partial charge on any atom is -0.394 e. The van der Waals surface area contributed by atoms with Crippen LogP contribution in [0.4, 0.5) is 0 Å². The van der Waals surface area contributed by atoms with Crippen LogP contribution in [0.3, 0.4) is 0 Å². The molecule has 0 aliphatic carbocycles. The number of allylic oxidation sites excluding steroid dienone is 5. The lowest BCUT2D eigenvalue weighted by atomic mass is 10.1. The van der Waals surface area contributed by atoms with Crippen molar-refractivity contribution in [3.8, 4) is 0 Å². The molecule has 5 heteroatoms. The first kappa shape index (κ1) is 34.6. The highest BCUT2D eigenvalue weighted by atomic mass is 16.3. The van der Waals surface area contributed by atoms with Crippen molar-refractivity contribution in [2.24, 2.45) is 0 Å². The van der Waals surface area contributed by atoms with E-state index in [0.29, 0.717) is 6.42 Å². The van der Waals surface area contributed by atoms with Crippen LogP contribution in [-0.4, -0.2) is 46.1 Å². The second-order valence-corrected chi connectivity index (χ2v) is 9.99. The van der Waals surface area contributed by atoms with Gasteiger partial charge in [0.1, 0.15) is 0 Å². The van der Waals surface area contributed by atoms with Crippen molar-refractivity contribution in [3.05, 3.63) is 36.5 Å². The summed E-state index contributed by atoms with van der Waals surface area (Å²) >= 11 is 0. The van der Waals surface area contributed by atoms with E-state index in [9.17, 15) is 20.1 Å². The molecule has 0 aromatic rings. The van der Waals surface area contributed by atoms with Gasteiger partial charge in [-0.2, -0.15) is 0 Å². The number of rotatable bonds is 25. The van der Waals surface area contributed by atoms with Crippen LogP contribution in [0.15, 0.2) is 36.5 Å². The predicted molar refractivity (Wildman–Crippen MR) is 153 cm³/mol. The number of amides is 1. The average Bonchev–Trinajstić information content (AvgIpc) is 2.86. The van der Waals surface area contributed by atoms with Crippen LogP contribution in [0.1, 0.15) is 129 Å². The average molecular weight is 508 g/mol. The number of aliphatic hydroxyl groups excluding tert-OH is 3. The Bertz CT molecular complexity index is 573. The van der Waals surface area contributed by atoms with Crippen LogP contribution in [0.2, 0.25) is 0 Å². The highest BCUT2D eigenvalue weighted by molar-refractivity contribution is 5.76. The number of hydrogen-bond acceptors (Lipinski definition) is 4. The van der Waals surface area contributed by atoms with Crippen LogP contribution < -0.4 is 5.32 Å². The highest BCUT2D eigenvalue weighted by Crippen LogP contribution is 2.10. The lowest BCUT2D eigenvalue weighted by Crippen LogP contribution is -2.45. The molecular formula is C31H57NO4. The van der Waals surface area contributed by atoms with Crippen LogP contribution in [0.25, 0.3) is 0 Å². The number of hydrogen-bond donors (Lipinski definition) is 4. The zero-order valence-electron chi connectivity index (χ0n) is 23.4. The molecule has 0 aromatic carbocycles. The summed E-state index contributed by atoms with van der Waals surface area (Å²) in [4.78, 5) is 12.2. The third-order valence-corrected chi connectivity index (χ3v) is 6.40. The normalized spacial score (nSPS) is 14.7. The summed E-state index contributed by atoms with van der Waals surface area (Å²) in [5, 5.41) is 32.6. The zero-order valence-corrected chi connectivity index (χ0v) is 23.4. The molecule has 0 fully saturated rings. The van der Waals surface area contributed by atoms with E-state index in [2.05, 4.69) is 43.5 Å². The Kier molecular flexibility index (Phi) is 25.6. The number of nitrogens with one attached hydrogen (secondary N) is 1. The zero-order chi connectivity index (χ0) is 26.7. The van der Waals surface area contributed by atoms with E-state index in [-0.39, 0.29) is 18.9 Å². The Labute approximate surface area is 222 Å². The first-order chi connectivity index (χ1) is 17.5. The van der Waals surface area contributed by atoms with Crippen molar-refractivity contribution < 1.29 is 20.1 Å². The van der Waals surface area contributed by atoms with Crippen molar-refractivity contribution in [2.75, 3.05) is 6.61 Å². The molecule has 0 heterocycles. The third kappa shape index (κ3) is 23.0. The maximum Gasteiger partial charge on any atom is 0.222 e. The molecule has 0 bridgehead atoms. The number of carbonyl (C=O) groups excluding carboxylic acids is 1. The number of unbranched alkanes of at least 4 members (excludes halogenated alkanes) is 12. The number of carbonyl (C=O) groups is 1. The smallest absolute Gasteiger partial charge is 0.222 e. The van der Waals surface area contributed by atoms with Gasteiger partial charge in [0.25, 0.3) is 0 Å². The van der Waals surface area contributed by atoms with E-state index in [4.69, 9.17) is 0 Å². The van der Waals surface area contributed by atoms with Crippen molar-refractivity contribution in [3.63, 3.8) is 0 Å². The van der Waals surface area contributed by atoms with Gasteiger partial charge in [-0.1, -0.05) is 108 Å².